The molecule has 0 rings (SSSR count). The Morgan fingerprint density at radius 1 is 1.20 bits per heavy atom. The summed E-state index contributed by atoms with van der Waals surface area (Å²) in [7, 11) is 4.28. The third kappa shape index (κ3) is 4.98. The van der Waals surface area contributed by atoms with Crippen molar-refractivity contribution in [3.8, 4) is 0 Å². The topological polar surface area (TPSA) is 15.3 Å². The molecule has 0 radical (unpaired) electrons. The highest BCUT2D eigenvalue weighted by Crippen LogP contribution is 2.31. The Hall–Kier alpha value is -0.0800. The van der Waals surface area contributed by atoms with Gasteiger partial charge < -0.3 is 10.2 Å². The van der Waals surface area contributed by atoms with E-state index in [1.165, 1.54) is 25.8 Å². The summed E-state index contributed by atoms with van der Waals surface area (Å²) in [5.74, 6) is 0. The van der Waals surface area contributed by atoms with Gasteiger partial charge in [0.2, 0.25) is 0 Å². The highest BCUT2D eigenvalue weighted by molar-refractivity contribution is 4.81. The fourth-order valence-electron chi connectivity index (χ4n) is 2.01. The maximum absolute atomic E-state index is 3.28. The quantitative estimate of drug-likeness (QED) is 0.668. The molecule has 0 aliphatic rings. The minimum Gasteiger partial charge on any atom is -0.320 e. The lowest BCUT2D eigenvalue weighted by Crippen LogP contribution is -2.40. The van der Waals surface area contributed by atoms with Crippen molar-refractivity contribution in [2.45, 2.75) is 53.0 Å². The van der Waals surface area contributed by atoms with Crippen molar-refractivity contribution in [3.63, 3.8) is 0 Å². The van der Waals surface area contributed by atoms with E-state index in [9.17, 15) is 0 Å². The molecule has 0 amide bonds. The first kappa shape index (κ1) is 14.9. The summed E-state index contributed by atoms with van der Waals surface area (Å²) in [5.41, 5.74) is 0.502. The van der Waals surface area contributed by atoms with Gasteiger partial charge in [-0.15, -0.1) is 0 Å². The largest absolute Gasteiger partial charge is 0.320 e. The molecule has 0 saturated carbocycles. The maximum atomic E-state index is 3.28. The molecule has 0 atom stereocenters. The van der Waals surface area contributed by atoms with Crippen molar-refractivity contribution < 1.29 is 0 Å². The predicted molar refractivity (Wildman–Crippen MR) is 69.3 cm³/mol. The van der Waals surface area contributed by atoms with Gasteiger partial charge in [-0.05, 0) is 59.2 Å². The normalized spacial score (nSPS) is 12.8. The summed E-state index contributed by atoms with van der Waals surface area (Å²) in [6.07, 6.45) is 3.85. The van der Waals surface area contributed by atoms with Gasteiger partial charge in [-0.2, -0.15) is 0 Å². The fraction of sp³-hybridized carbons (Fsp3) is 1.00. The standard InChI is InChI=1S/C13H30N2/c1-7-13(8-2,9-10-14-5)11-15(6)12(3)4/h12,14H,7-11H2,1-6H3. The molecule has 0 aliphatic heterocycles. The van der Waals surface area contributed by atoms with Crippen molar-refractivity contribution in [1.82, 2.24) is 10.2 Å². The van der Waals surface area contributed by atoms with Gasteiger partial charge >= 0.3 is 0 Å². The van der Waals surface area contributed by atoms with Gasteiger partial charge in [0.1, 0.15) is 0 Å². The molecule has 0 aliphatic carbocycles. The van der Waals surface area contributed by atoms with Crippen LogP contribution in [0.15, 0.2) is 0 Å². The first-order chi connectivity index (χ1) is 7.01. The van der Waals surface area contributed by atoms with Crippen molar-refractivity contribution >= 4 is 0 Å². The summed E-state index contributed by atoms with van der Waals surface area (Å²) in [6.45, 7) is 11.6. The lowest BCUT2D eigenvalue weighted by molar-refractivity contribution is 0.126. The third-order valence-corrected chi connectivity index (χ3v) is 3.87. The van der Waals surface area contributed by atoms with E-state index < -0.39 is 0 Å². The van der Waals surface area contributed by atoms with Gasteiger partial charge in [0, 0.05) is 12.6 Å². The Balaban J connectivity index is 4.34. The van der Waals surface area contributed by atoms with E-state index in [-0.39, 0.29) is 0 Å². The van der Waals surface area contributed by atoms with Crippen LogP contribution in [-0.2, 0) is 0 Å². The summed E-state index contributed by atoms with van der Waals surface area (Å²) in [4.78, 5) is 2.47. The molecule has 15 heavy (non-hydrogen) atoms. The molecule has 0 bridgehead atoms. The minimum absolute atomic E-state index is 0.502. The van der Waals surface area contributed by atoms with Crippen molar-refractivity contribution in [2.24, 2.45) is 5.41 Å². The number of hydrogen-bond donors (Lipinski definition) is 1. The summed E-state index contributed by atoms with van der Waals surface area (Å²) in [5, 5.41) is 3.28. The van der Waals surface area contributed by atoms with Gasteiger partial charge in [-0.3, -0.25) is 0 Å². The van der Waals surface area contributed by atoms with Crippen LogP contribution in [0, 0.1) is 5.41 Å². The second kappa shape index (κ2) is 7.24. The minimum atomic E-state index is 0.502. The molecule has 1 N–H and O–H groups in total. The van der Waals surface area contributed by atoms with Crippen LogP contribution in [0.25, 0.3) is 0 Å². The number of nitrogens with one attached hydrogen (secondary N) is 1. The molecule has 2 nitrogen and oxygen atoms in total. The molecule has 0 aromatic heterocycles. The second-order valence-electron chi connectivity index (χ2n) is 5.07. The van der Waals surface area contributed by atoms with Crippen LogP contribution in [0.2, 0.25) is 0 Å². The molecule has 0 unspecified atom stereocenters. The Kier molecular flexibility index (Phi) is 7.20. The average molecular weight is 214 g/mol. The molecule has 0 saturated heterocycles. The molecule has 0 spiro atoms. The highest BCUT2D eigenvalue weighted by Gasteiger charge is 2.27. The lowest BCUT2D eigenvalue weighted by atomic mass is 9.78. The van der Waals surface area contributed by atoms with Gasteiger partial charge in [-0.1, -0.05) is 13.8 Å². The summed E-state index contributed by atoms with van der Waals surface area (Å²) in [6, 6.07) is 0.650. The zero-order valence-electron chi connectivity index (χ0n) is 11.6. The van der Waals surface area contributed by atoms with Gasteiger partial charge in [0.25, 0.3) is 0 Å². The van der Waals surface area contributed by atoms with Crippen LogP contribution in [0.5, 0.6) is 0 Å². The van der Waals surface area contributed by atoms with Crippen LogP contribution in [0.3, 0.4) is 0 Å². The molecule has 0 heterocycles. The van der Waals surface area contributed by atoms with Gasteiger partial charge in [0.05, 0.1) is 0 Å². The van der Waals surface area contributed by atoms with Crippen LogP contribution >= 0.6 is 0 Å². The Morgan fingerprint density at radius 2 is 1.73 bits per heavy atom. The Labute approximate surface area is 96.4 Å². The first-order valence-corrected chi connectivity index (χ1v) is 6.36. The SMILES string of the molecule is CCC(CC)(CCNC)CN(C)C(C)C. The molecule has 2 heteroatoms. The van der Waals surface area contributed by atoms with E-state index >= 15 is 0 Å². The van der Waals surface area contributed by atoms with Crippen molar-refractivity contribution in [2.75, 3.05) is 27.2 Å². The van der Waals surface area contributed by atoms with Crippen molar-refractivity contribution in [1.29, 1.82) is 0 Å². The second-order valence-corrected chi connectivity index (χ2v) is 5.07. The number of rotatable bonds is 8. The van der Waals surface area contributed by atoms with E-state index in [4.69, 9.17) is 0 Å². The molecular formula is C13H30N2. The monoisotopic (exact) mass is 214 g/mol. The Bertz CT molecular complexity index is 151. The van der Waals surface area contributed by atoms with Crippen LogP contribution in [0.1, 0.15) is 47.0 Å². The number of nitrogens with zero attached hydrogens (tertiary/aromatic N) is 1. The van der Waals surface area contributed by atoms with Crippen LogP contribution < -0.4 is 5.32 Å². The maximum Gasteiger partial charge on any atom is 0.00379 e. The zero-order chi connectivity index (χ0) is 11.9. The third-order valence-electron chi connectivity index (χ3n) is 3.87. The van der Waals surface area contributed by atoms with E-state index in [0.29, 0.717) is 11.5 Å². The smallest absolute Gasteiger partial charge is 0.00379 e. The van der Waals surface area contributed by atoms with E-state index in [2.05, 4.69) is 45.0 Å². The number of hydrogen-bond acceptors (Lipinski definition) is 2. The molecule has 92 valence electrons. The highest BCUT2D eigenvalue weighted by atomic mass is 15.1. The summed E-state index contributed by atoms with van der Waals surface area (Å²) >= 11 is 0. The zero-order valence-corrected chi connectivity index (χ0v) is 11.6. The van der Waals surface area contributed by atoms with Gasteiger partial charge in [-0.25, -0.2) is 0 Å². The van der Waals surface area contributed by atoms with Crippen molar-refractivity contribution in [3.05, 3.63) is 0 Å². The lowest BCUT2D eigenvalue weighted by Gasteiger charge is -2.37. The molecule has 0 aromatic rings. The van der Waals surface area contributed by atoms with Gasteiger partial charge in [0.15, 0.2) is 0 Å². The average Bonchev–Trinajstić information content (AvgIpc) is 2.24. The van der Waals surface area contributed by atoms with E-state index in [1.807, 2.05) is 7.05 Å². The molecule has 0 fully saturated rings. The predicted octanol–water partition coefficient (Wildman–Crippen LogP) is 2.74. The first-order valence-electron chi connectivity index (χ1n) is 6.36. The fourth-order valence-corrected chi connectivity index (χ4v) is 2.01. The van der Waals surface area contributed by atoms with E-state index in [0.717, 1.165) is 6.54 Å². The van der Waals surface area contributed by atoms with Crippen LogP contribution in [-0.4, -0.2) is 38.1 Å². The summed E-state index contributed by atoms with van der Waals surface area (Å²) < 4.78 is 0. The Morgan fingerprint density at radius 3 is 2.07 bits per heavy atom. The van der Waals surface area contributed by atoms with E-state index in [1.54, 1.807) is 0 Å². The molecule has 0 aromatic carbocycles. The molecular weight excluding hydrogens is 184 g/mol. The van der Waals surface area contributed by atoms with Crippen LogP contribution in [0.4, 0.5) is 0 Å².